The van der Waals surface area contributed by atoms with Crippen molar-refractivity contribution in [1.29, 1.82) is 0 Å². The van der Waals surface area contributed by atoms with Crippen LogP contribution in [0.15, 0.2) is 30.3 Å². The van der Waals surface area contributed by atoms with E-state index >= 15 is 0 Å². The van der Waals surface area contributed by atoms with Crippen LogP contribution in [-0.2, 0) is 6.18 Å². The van der Waals surface area contributed by atoms with E-state index in [9.17, 15) is 22.4 Å². The van der Waals surface area contributed by atoms with Gasteiger partial charge in [0.05, 0.1) is 0 Å². The lowest BCUT2D eigenvalue weighted by Gasteiger charge is -2.30. The number of benzene rings is 1. The van der Waals surface area contributed by atoms with E-state index in [1.807, 2.05) is 0 Å². The fourth-order valence-corrected chi connectivity index (χ4v) is 3.36. The van der Waals surface area contributed by atoms with Crippen molar-refractivity contribution in [3.63, 3.8) is 0 Å². The molecular formula is C20H23F4N5O. The smallest absolute Gasteiger partial charge is 0.367 e. The summed E-state index contributed by atoms with van der Waals surface area (Å²) < 4.78 is 52.3. The van der Waals surface area contributed by atoms with Gasteiger partial charge in [-0.05, 0) is 56.9 Å². The maximum absolute atomic E-state index is 13.1. The van der Waals surface area contributed by atoms with E-state index in [1.54, 1.807) is 6.92 Å². The van der Waals surface area contributed by atoms with Gasteiger partial charge in [-0.15, -0.1) is 0 Å². The first kappa shape index (κ1) is 21.8. The second kappa shape index (κ2) is 9.27. The molecule has 1 saturated carbocycles. The Morgan fingerprint density at radius 2 is 1.70 bits per heavy atom. The fraction of sp³-hybridized carbons (Fsp3) is 0.450. The van der Waals surface area contributed by atoms with Crippen molar-refractivity contribution in [1.82, 2.24) is 15.3 Å². The molecule has 162 valence electrons. The Hall–Kier alpha value is -2.91. The first-order valence-corrected chi connectivity index (χ1v) is 9.77. The van der Waals surface area contributed by atoms with Crippen LogP contribution in [0.25, 0.3) is 0 Å². The van der Waals surface area contributed by atoms with Crippen LogP contribution in [0.3, 0.4) is 0 Å². The number of hydrogen-bond donors (Lipinski definition) is 3. The average Bonchev–Trinajstić information content (AvgIpc) is 2.69. The highest BCUT2D eigenvalue weighted by atomic mass is 19.4. The van der Waals surface area contributed by atoms with E-state index in [1.165, 1.54) is 24.3 Å². The molecule has 1 fully saturated rings. The third-order valence-electron chi connectivity index (χ3n) is 4.87. The zero-order chi connectivity index (χ0) is 21.7. The standard InChI is InChI=1S/C20H23F4N5O/c1-2-25-19-28-16(20(22,23)24)11-17(29-19)26-14-7-9-15(10-8-14)27-18(30)12-3-5-13(21)6-4-12/h3-6,11,14-15H,2,7-10H2,1H3,(H,27,30)(H2,25,26,28,29)/t14-,15+. The van der Waals surface area contributed by atoms with Crippen molar-refractivity contribution in [2.24, 2.45) is 0 Å². The van der Waals surface area contributed by atoms with E-state index in [2.05, 4.69) is 25.9 Å². The maximum Gasteiger partial charge on any atom is 0.433 e. The summed E-state index contributed by atoms with van der Waals surface area (Å²) in [6.07, 6.45) is -1.90. The Labute approximate surface area is 171 Å². The minimum atomic E-state index is -4.56. The Kier molecular flexibility index (Phi) is 6.73. The van der Waals surface area contributed by atoms with Crippen LogP contribution in [0.4, 0.5) is 29.3 Å². The maximum atomic E-state index is 13.1. The zero-order valence-corrected chi connectivity index (χ0v) is 16.4. The number of anilines is 2. The van der Waals surface area contributed by atoms with E-state index in [4.69, 9.17) is 0 Å². The van der Waals surface area contributed by atoms with Gasteiger partial charge in [0.1, 0.15) is 11.6 Å². The predicted octanol–water partition coefficient (Wildman–Crippen LogP) is 4.22. The summed E-state index contributed by atoms with van der Waals surface area (Å²) in [6.45, 7) is 2.15. The minimum Gasteiger partial charge on any atom is -0.367 e. The van der Waals surface area contributed by atoms with Crippen LogP contribution in [0, 0.1) is 5.82 Å². The van der Waals surface area contributed by atoms with Crippen molar-refractivity contribution >= 4 is 17.7 Å². The van der Waals surface area contributed by atoms with E-state index in [-0.39, 0.29) is 29.8 Å². The van der Waals surface area contributed by atoms with Gasteiger partial charge in [0, 0.05) is 30.3 Å². The predicted molar refractivity (Wildman–Crippen MR) is 105 cm³/mol. The molecule has 1 amide bonds. The van der Waals surface area contributed by atoms with Crippen molar-refractivity contribution < 1.29 is 22.4 Å². The summed E-state index contributed by atoms with van der Waals surface area (Å²) in [7, 11) is 0. The lowest BCUT2D eigenvalue weighted by atomic mass is 9.91. The number of carbonyl (C=O) groups excluding carboxylic acids is 1. The number of carbonyl (C=O) groups is 1. The van der Waals surface area contributed by atoms with Gasteiger partial charge < -0.3 is 16.0 Å². The molecule has 1 heterocycles. The van der Waals surface area contributed by atoms with Crippen LogP contribution in [0.5, 0.6) is 0 Å². The Balaban J connectivity index is 1.57. The second-order valence-corrected chi connectivity index (χ2v) is 7.16. The largest absolute Gasteiger partial charge is 0.433 e. The summed E-state index contributed by atoms with van der Waals surface area (Å²) in [6, 6.07) is 6.11. The molecule has 1 aliphatic carbocycles. The summed E-state index contributed by atoms with van der Waals surface area (Å²) in [5, 5.41) is 8.69. The van der Waals surface area contributed by atoms with Gasteiger partial charge in [-0.1, -0.05) is 0 Å². The molecule has 2 aromatic rings. The zero-order valence-electron chi connectivity index (χ0n) is 16.4. The number of halogens is 4. The molecule has 1 aliphatic rings. The van der Waals surface area contributed by atoms with Crippen molar-refractivity contribution in [3.05, 3.63) is 47.4 Å². The molecule has 10 heteroatoms. The lowest BCUT2D eigenvalue weighted by Crippen LogP contribution is -2.40. The van der Waals surface area contributed by atoms with E-state index in [0.29, 0.717) is 37.8 Å². The van der Waals surface area contributed by atoms with Crippen LogP contribution in [-0.4, -0.2) is 34.5 Å². The molecular weight excluding hydrogens is 402 g/mol. The van der Waals surface area contributed by atoms with Crippen LogP contribution in [0.2, 0.25) is 0 Å². The molecule has 0 saturated heterocycles. The molecule has 30 heavy (non-hydrogen) atoms. The quantitative estimate of drug-likeness (QED) is 0.604. The van der Waals surface area contributed by atoms with Crippen molar-refractivity contribution in [2.75, 3.05) is 17.2 Å². The van der Waals surface area contributed by atoms with E-state index < -0.39 is 17.7 Å². The number of rotatable bonds is 6. The summed E-state index contributed by atoms with van der Waals surface area (Å²) in [5.74, 6) is -0.636. The number of nitrogens with one attached hydrogen (secondary N) is 3. The normalized spacial score (nSPS) is 19.2. The highest BCUT2D eigenvalue weighted by Gasteiger charge is 2.34. The summed E-state index contributed by atoms with van der Waals surface area (Å²) in [5.41, 5.74) is -0.621. The number of amides is 1. The third-order valence-corrected chi connectivity index (χ3v) is 4.87. The van der Waals surface area contributed by atoms with Crippen LogP contribution >= 0.6 is 0 Å². The number of alkyl halides is 3. The molecule has 3 N–H and O–H groups in total. The summed E-state index contributed by atoms with van der Waals surface area (Å²) >= 11 is 0. The molecule has 1 aromatic carbocycles. The molecule has 0 unspecified atom stereocenters. The molecule has 0 aliphatic heterocycles. The average molecular weight is 425 g/mol. The summed E-state index contributed by atoms with van der Waals surface area (Å²) in [4.78, 5) is 19.9. The molecule has 0 spiro atoms. The Bertz CT molecular complexity index is 864. The highest BCUT2D eigenvalue weighted by Crippen LogP contribution is 2.30. The van der Waals surface area contributed by atoms with Gasteiger partial charge in [-0.3, -0.25) is 4.79 Å². The van der Waals surface area contributed by atoms with E-state index in [0.717, 1.165) is 6.07 Å². The Morgan fingerprint density at radius 3 is 2.30 bits per heavy atom. The third kappa shape index (κ3) is 5.80. The number of aromatic nitrogens is 2. The first-order valence-electron chi connectivity index (χ1n) is 9.77. The topological polar surface area (TPSA) is 78.9 Å². The molecule has 0 bridgehead atoms. The molecule has 0 radical (unpaired) electrons. The minimum absolute atomic E-state index is 0.0472. The second-order valence-electron chi connectivity index (χ2n) is 7.16. The fourth-order valence-electron chi connectivity index (χ4n) is 3.36. The van der Waals surface area contributed by atoms with Crippen LogP contribution in [0.1, 0.15) is 48.7 Å². The molecule has 3 rings (SSSR count). The Morgan fingerprint density at radius 1 is 1.07 bits per heavy atom. The van der Waals surface area contributed by atoms with Gasteiger partial charge in [-0.2, -0.15) is 18.2 Å². The number of nitrogens with zero attached hydrogens (tertiary/aromatic N) is 2. The van der Waals surface area contributed by atoms with Gasteiger partial charge in [0.25, 0.3) is 5.91 Å². The monoisotopic (exact) mass is 425 g/mol. The van der Waals surface area contributed by atoms with Gasteiger partial charge in [-0.25, -0.2) is 9.37 Å². The van der Waals surface area contributed by atoms with Gasteiger partial charge in [0.15, 0.2) is 5.69 Å². The lowest BCUT2D eigenvalue weighted by molar-refractivity contribution is -0.141. The molecule has 6 nitrogen and oxygen atoms in total. The molecule has 1 aromatic heterocycles. The highest BCUT2D eigenvalue weighted by molar-refractivity contribution is 5.94. The van der Waals surface area contributed by atoms with Crippen molar-refractivity contribution in [3.8, 4) is 0 Å². The van der Waals surface area contributed by atoms with Crippen molar-refractivity contribution in [2.45, 2.75) is 50.9 Å². The number of hydrogen-bond acceptors (Lipinski definition) is 5. The van der Waals surface area contributed by atoms with Gasteiger partial charge >= 0.3 is 6.18 Å². The van der Waals surface area contributed by atoms with Gasteiger partial charge in [0.2, 0.25) is 5.95 Å². The molecule has 0 atom stereocenters. The van der Waals surface area contributed by atoms with Crippen LogP contribution < -0.4 is 16.0 Å². The first-order chi connectivity index (χ1) is 14.2. The SMILES string of the molecule is CCNc1nc(N[C@H]2CC[C@@H](NC(=O)c3ccc(F)cc3)CC2)cc(C(F)(F)F)n1.